The van der Waals surface area contributed by atoms with E-state index in [1.807, 2.05) is 13.0 Å². The summed E-state index contributed by atoms with van der Waals surface area (Å²) in [6.07, 6.45) is 1.28. The van der Waals surface area contributed by atoms with E-state index >= 15 is 0 Å². The van der Waals surface area contributed by atoms with Crippen LogP contribution in [0.4, 0.5) is 0 Å². The van der Waals surface area contributed by atoms with Crippen LogP contribution >= 0.6 is 27.3 Å². The van der Waals surface area contributed by atoms with Crippen LogP contribution in [0.15, 0.2) is 9.85 Å². The zero-order chi connectivity index (χ0) is 12.5. The Morgan fingerprint density at radius 3 is 2.38 bits per heavy atom. The first-order valence-corrected chi connectivity index (χ1v) is 8.45. The molecule has 1 heterocycles. The summed E-state index contributed by atoms with van der Waals surface area (Å²) in [6, 6.07) is 1.88. The Balaban J connectivity index is 3.08. The first-order chi connectivity index (χ1) is 7.27. The van der Waals surface area contributed by atoms with Crippen molar-refractivity contribution in [3.8, 4) is 0 Å². The second-order valence-corrected chi connectivity index (χ2v) is 8.71. The molecular weight excluding hydrogens is 310 g/mol. The topological polar surface area (TPSA) is 46.2 Å². The van der Waals surface area contributed by atoms with Crippen molar-refractivity contribution in [1.82, 2.24) is 5.32 Å². The van der Waals surface area contributed by atoms with Gasteiger partial charge in [-0.15, -0.1) is 11.3 Å². The molecule has 0 spiro atoms. The molecule has 1 aromatic heterocycles. The lowest BCUT2D eigenvalue weighted by molar-refractivity contribution is 0.539. The van der Waals surface area contributed by atoms with Gasteiger partial charge in [0.15, 0.2) is 9.84 Å². The van der Waals surface area contributed by atoms with E-state index in [1.165, 1.54) is 6.26 Å². The number of rotatable bonds is 4. The van der Waals surface area contributed by atoms with Crippen molar-refractivity contribution in [2.75, 3.05) is 13.3 Å². The summed E-state index contributed by atoms with van der Waals surface area (Å²) in [5.74, 6) is 0. The quantitative estimate of drug-likeness (QED) is 0.925. The van der Waals surface area contributed by atoms with Crippen LogP contribution in [0.3, 0.4) is 0 Å². The maximum atomic E-state index is 11.5. The van der Waals surface area contributed by atoms with Gasteiger partial charge in [0, 0.05) is 11.1 Å². The van der Waals surface area contributed by atoms with Crippen molar-refractivity contribution >= 4 is 37.1 Å². The van der Waals surface area contributed by atoms with Crippen molar-refractivity contribution in [3.05, 3.63) is 20.3 Å². The Morgan fingerprint density at radius 1 is 1.50 bits per heavy atom. The fourth-order valence-electron chi connectivity index (χ4n) is 1.49. The molecule has 0 saturated heterocycles. The first-order valence-electron chi connectivity index (χ1n) is 4.89. The number of halogens is 1. The van der Waals surface area contributed by atoms with Crippen molar-refractivity contribution in [1.29, 1.82) is 0 Å². The minimum absolute atomic E-state index is 0.148. The minimum Gasteiger partial charge on any atom is -0.311 e. The maximum Gasteiger partial charge on any atom is 0.151 e. The van der Waals surface area contributed by atoms with Gasteiger partial charge in [-0.3, -0.25) is 0 Å². The maximum absolute atomic E-state index is 11.5. The van der Waals surface area contributed by atoms with E-state index < -0.39 is 15.1 Å². The number of sulfone groups is 1. The fourth-order valence-corrected chi connectivity index (χ4v) is 4.14. The summed E-state index contributed by atoms with van der Waals surface area (Å²) in [7, 11) is -1.25. The minimum atomic E-state index is -3.04. The van der Waals surface area contributed by atoms with Crippen LogP contribution < -0.4 is 5.32 Å². The predicted octanol–water partition coefficient (Wildman–Crippen LogP) is 2.51. The molecule has 6 heteroatoms. The molecule has 1 aromatic rings. The third kappa shape index (κ3) is 3.06. The van der Waals surface area contributed by atoms with E-state index in [9.17, 15) is 8.42 Å². The Labute approximate surface area is 109 Å². The van der Waals surface area contributed by atoms with Gasteiger partial charge in [-0.25, -0.2) is 8.42 Å². The molecule has 0 bridgehead atoms. The summed E-state index contributed by atoms with van der Waals surface area (Å²) in [6.45, 7) is 3.74. The monoisotopic (exact) mass is 325 g/mol. The van der Waals surface area contributed by atoms with Crippen molar-refractivity contribution in [3.63, 3.8) is 0 Å². The fraction of sp³-hybridized carbons (Fsp3) is 0.600. The van der Waals surface area contributed by atoms with Crippen LogP contribution in [0.1, 0.15) is 23.4 Å². The van der Waals surface area contributed by atoms with E-state index in [0.717, 1.165) is 14.2 Å². The van der Waals surface area contributed by atoms with E-state index in [1.54, 1.807) is 25.3 Å². The number of hydrogen-bond donors (Lipinski definition) is 1. The number of aryl methyl sites for hydroxylation is 1. The highest BCUT2D eigenvalue weighted by Crippen LogP contribution is 2.33. The van der Waals surface area contributed by atoms with E-state index in [0.29, 0.717) is 0 Å². The molecule has 92 valence electrons. The van der Waals surface area contributed by atoms with E-state index in [-0.39, 0.29) is 6.04 Å². The standard InChI is InChI=1S/C10H16BrNO2S2/c1-6-5-8(15-10(6)11)9(12-3)7(2)16(4,13)14/h5,7,9,12H,1-4H3. The van der Waals surface area contributed by atoms with Gasteiger partial charge in [-0.05, 0) is 48.5 Å². The molecule has 0 radical (unpaired) electrons. The number of hydrogen-bond acceptors (Lipinski definition) is 4. The highest BCUT2D eigenvalue weighted by molar-refractivity contribution is 9.11. The Hall–Kier alpha value is 0.0900. The molecule has 16 heavy (non-hydrogen) atoms. The molecule has 1 N–H and O–H groups in total. The molecule has 0 aromatic carbocycles. The molecule has 0 fully saturated rings. The highest BCUT2D eigenvalue weighted by atomic mass is 79.9. The highest BCUT2D eigenvalue weighted by Gasteiger charge is 2.27. The Morgan fingerprint density at radius 2 is 2.06 bits per heavy atom. The lowest BCUT2D eigenvalue weighted by Crippen LogP contribution is -2.32. The van der Waals surface area contributed by atoms with Crippen LogP contribution in [0.25, 0.3) is 0 Å². The Kier molecular flexibility index (Phi) is 4.57. The SMILES string of the molecule is CNC(c1cc(C)c(Br)s1)C(C)S(C)(=O)=O. The lowest BCUT2D eigenvalue weighted by Gasteiger charge is -2.20. The number of nitrogens with one attached hydrogen (secondary N) is 1. The zero-order valence-corrected chi connectivity index (χ0v) is 13.0. The van der Waals surface area contributed by atoms with Crippen molar-refractivity contribution < 1.29 is 8.42 Å². The Bertz CT molecular complexity index is 448. The molecule has 0 aliphatic heterocycles. The molecule has 0 aliphatic carbocycles. The summed E-state index contributed by atoms with van der Waals surface area (Å²) in [4.78, 5) is 1.05. The van der Waals surface area contributed by atoms with Gasteiger partial charge in [-0.2, -0.15) is 0 Å². The summed E-state index contributed by atoms with van der Waals surface area (Å²) in [5, 5.41) is 2.65. The van der Waals surface area contributed by atoms with Crippen LogP contribution in [-0.4, -0.2) is 27.0 Å². The zero-order valence-electron chi connectivity index (χ0n) is 9.74. The third-order valence-corrected chi connectivity index (χ3v) is 6.48. The molecule has 0 amide bonds. The molecule has 2 atom stereocenters. The lowest BCUT2D eigenvalue weighted by atomic mass is 10.1. The molecule has 0 saturated carbocycles. The summed E-state index contributed by atoms with van der Waals surface area (Å²) < 4.78 is 24.2. The van der Waals surface area contributed by atoms with Crippen LogP contribution in [0.2, 0.25) is 0 Å². The van der Waals surface area contributed by atoms with E-state index in [4.69, 9.17) is 0 Å². The normalized spacial score (nSPS) is 16.1. The molecule has 1 rings (SSSR count). The van der Waals surface area contributed by atoms with Crippen LogP contribution in [-0.2, 0) is 9.84 Å². The average molecular weight is 326 g/mol. The van der Waals surface area contributed by atoms with Gasteiger partial charge in [-0.1, -0.05) is 0 Å². The molecular formula is C10H16BrNO2S2. The first kappa shape index (κ1) is 14.2. The van der Waals surface area contributed by atoms with Crippen molar-refractivity contribution in [2.45, 2.75) is 25.1 Å². The third-order valence-electron chi connectivity index (χ3n) is 2.64. The molecule has 0 aliphatic rings. The largest absolute Gasteiger partial charge is 0.311 e. The predicted molar refractivity (Wildman–Crippen MR) is 72.9 cm³/mol. The van der Waals surface area contributed by atoms with Crippen LogP contribution in [0, 0.1) is 6.92 Å². The second kappa shape index (κ2) is 5.16. The summed E-state index contributed by atoms with van der Waals surface area (Å²) >= 11 is 5.04. The van der Waals surface area contributed by atoms with E-state index in [2.05, 4.69) is 21.2 Å². The average Bonchev–Trinajstić information content (AvgIpc) is 2.46. The van der Waals surface area contributed by atoms with Crippen LogP contribution in [0.5, 0.6) is 0 Å². The molecule has 2 unspecified atom stereocenters. The molecule has 3 nitrogen and oxygen atoms in total. The van der Waals surface area contributed by atoms with Gasteiger partial charge in [0.05, 0.1) is 15.1 Å². The van der Waals surface area contributed by atoms with Gasteiger partial charge in [0.1, 0.15) is 0 Å². The van der Waals surface area contributed by atoms with Gasteiger partial charge >= 0.3 is 0 Å². The van der Waals surface area contributed by atoms with Gasteiger partial charge in [0.2, 0.25) is 0 Å². The second-order valence-electron chi connectivity index (χ2n) is 3.91. The van der Waals surface area contributed by atoms with Gasteiger partial charge < -0.3 is 5.32 Å². The smallest absolute Gasteiger partial charge is 0.151 e. The number of thiophene rings is 1. The summed E-state index contributed by atoms with van der Waals surface area (Å²) in [5.41, 5.74) is 1.14. The van der Waals surface area contributed by atoms with Crippen molar-refractivity contribution in [2.24, 2.45) is 0 Å². The van der Waals surface area contributed by atoms with Gasteiger partial charge in [0.25, 0.3) is 0 Å².